The van der Waals surface area contributed by atoms with Crippen LogP contribution in [-0.4, -0.2) is 50.1 Å². The van der Waals surface area contributed by atoms with E-state index in [2.05, 4.69) is 30.4 Å². The second-order valence-corrected chi connectivity index (χ2v) is 5.90. The van der Waals surface area contributed by atoms with E-state index in [-0.39, 0.29) is 0 Å². The fourth-order valence-corrected chi connectivity index (χ4v) is 3.00. The number of nitrogens with one attached hydrogen (secondary N) is 1. The maximum Gasteiger partial charge on any atom is 0.00187 e. The van der Waals surface area contributed by atoms with Crippen LogP contribution in [0, 0.1) is 11.8 Å². The van der Waals surface area contributed by atoms with Crippen molar-refractivity contribution in [3.8, 4) is 0 Å². The lowest BCUT2D eigenvalue weighted by atomic mass is 9.98. The number of likely N-dealkylation sites (tertiary alicyclic amines) is 1. The van der Waals surface area contributed by atoms with Crippen LogP contribution in [0.1, 0.15) is 19.8 Å². The van der Waals surface area contributed by atoms with Gasteiger partial charge in [-0.3, -0.25) is 0 Å². The molecule has 0 aliphatic carbocycles. The topological polar surface area (TPSA) is 15.3 Å². The highest BCUT2D eigenvalue weighted by molar-refractivity contribution is 7.98. The highest BCUT2D eigenvalue weighted by Crippen LogP contribution is 2.14. The van der Waals surface area contributed by atoms with E-state index in [0.29, 0.717) is 0 Å². The van der Waals surface area contributed by atoms with Gasteiger partial charge in [-0.15, -0.1) is 0 Å². The first kappa shape index (κ1) is 13.3. The number of hydrogen-bond acceptors (Lipinski definition) is 3. The Morgan fingerprint density at radius 1 is 1.53 bits per heavy atom. The Kier molecular flexibility index (Phi) is 6.69. The molecule has 15 heavy (non-hydrogen) atoms. The number of thioether (sulfide) groups is 1. The van der Waals surface area contributed by atoms with Crippen LogP contribution >= 0.6 is 11.8 Å². The van der Waals surface area contributed by atoms with Crippen molar-refractivity contribution in [1.29, 1.82) is 0 Å². The van der Waals surface area contributed by atoms with Crippen LogP contribution in [0.2, 0.25) is 0 Å². The molecule has 0 aromatic carbocycles. The zero-order chi connectivity index (χ0) is 11.1. The van der Waals surface area contributed by atoms with Gasteiger partial charge in [-0.1, -0.05) is 6.92 Å². The standard InChI is InChI=1S/C12H26N2S/c1-11(10-15-3)7-13-8-12-5-4-6-14(2)9-12/h11-13H,4-10H2,1-3H3. The minimum Gasteiger partial charge on any atom is -0.316 e. The molecule has 90 valence electrons. The van der Waals surface area contributed by atoms with Crippen molar-refractivity contribution >= 4 is 11.8 Å². The molecule has 1 fully saturated rings. The van der Waals surface area contributed by atoms with Crippen molar-refractivity contribution in [3.05, 3.63) is 0 Å². The molecule has 1 aliphatic heterocycles. The first-order valence-electron chi connectivity index (χ1n) is 6.10. The molecule has 1 saturated heterocycles. The Hall–Kier alpha value is 0.270. The van der Waals surface area contributed by atoms with Crippen LogP contribution in [0.15, 0.2) is 0 Å². The van der Waals surface area contributed by atoms with Crippen molar-refractivity contribution in [3.63, 3.8) is 0 Å². The van der Waals surface area contributed by atoms with Crippen molar-refractivity contribution in [2.75, 3.05) is 45.2 Å². The molecule has 0 radical (unpaired) electrons. The zero-order valence-electron chi connectivity index (χ0n) is 10.5. The lowest BCUT2D eigenvalue weighted by Crippen LogP contribution is -2.38. The van der Waals surface area contributed by atoms with Gasteiger partial charge in [-0.05, 0) is 63.4 Å². The number of rotatable bonds is 6. The first-order valence-corrected chi connectivity index (χ1v) is 7.50. The smallest absolute Gasteiger partial charge is 0.00187 e. The Morgan fingerprint density at radius 3 is 3.00 bits per heavy atom. The third-order valence-corrected chi connectivity index (χ3v) is 4.00. The average Bonchev–Trinajstić information content (AvgIpc) is 2.18. The quantitative estimate of drug-likeness (QED) is 0.750. The predicted octanol–water partition coefficient (Wildman–Crippen LogP) is 1.92. The van der Waals surface area contributed by atoms with Crippen molar-refractivity contribution in [2.24, 2.45) is 11.8 Å². The summed E-state index contributed by atoms with van der Waals surface area (Å²) >= 11 is 1.95. The molecule has 0 aromatic heterocycles. The van der Waals surface area contributed by atoms with E-state index in [1.54, 1.807) is 0 Å². The van der Waals surface area contributed by atoms with E-state index in [0.717, 1.165) is 11.8 Å². The van der Waals surface area contributed by atoms with Crippen LogP contribution in [0.25, 0.3) is 0 Å². The number of piperidine rings is 1. The number of nitrogens with zero attached hydrogens (tertiary/aromatic N) is 1. The first-order chi connectivity index (χ1) is 7.22. The van der Waals surface area contributed by atoms with Gasteiger partial charge in [-0.2, -0.15) is 11.8 Å². The summed E-state index contributed by atoms with van der Waals surface area (Å²) in [5, 5.41) is 3.62. The maximum atomic E-state index is 3.62. The normalized spacial score (nSPS) is 25.4. The third kappa shape index (κ3) is 5.79. The van der Waals surface area contributed by atoms with E-state index in [1.807, 2.05) is 11.8 Å². The molecule has 0 amide bonds. The maximum absolute atomic E-state index is 3.62. The van der Waals surface area contributed by atoms with E-state index < -0.39 is 0 Å². The Morgan fingerprint density at radius 2 is 2.33 bits per heavy atom. The summed E-state index contributed by atoms with van der Waals surface area (Å²) in [5.41, 5.74) is 0. The fourth-order valence-electron chi connectivity index (χ4n) is 2.32. The van der Waals surface area contributed by atoms with E-state index in [4.69, 9.17) is 0 Å². The second kappa shape index (κ2) is 7.53. The van der Waals surface area contributed by atoms with Gasteiger partial charge in [0.05, 0.1) is 0 Å². The molecule has 2 unspecified atom stereocenters. The molecule has 1 rings (SSSR count). The number of hydrogen-bond donors (Lipinski definition) is 1. The molecule has 1 heterocycles. The van der Waals surface area contributed by atoms with E-state index >= 15 is 0 Å². The molecule has 2 nitrogen and oxygen atoms in total. The summed E-state index contributed by atoms with van der Waals surface area (Å²) in [4.78, 5) is 2.46. The fraction of sp³-hybridized carbons (Fsp3) is 1.00. The van der Waals surface area contributed by atoms with Gasteiger partial charge >= 0.3 is 0 Å². The summed E-state index contributed by atoms with van der Waals surface area (Å²) in [6, 6.07) is 0. The molecule has 2 atom stereocenters. The van der Waals surface area contributed by atoms with Gasteiger partial charge in [0.2, 0.25) is 0 Å². The molecule has 1 N–H and O–H groups in total. The highest BCUT2D eigenvalue weighted by atomic mass is 32.2. The molecule has 0 spiro atoms. The van der Waals surface area contributed by atoms with Gasteiger partial charge in [0, 0.05) is 6.54 Å². The van der Waals surface area contributed by atoms with Crippen LogP contribution in [0.4, 0.5) is 0 Å². The average molecular weight is 230 g/mol. The van der Waals surface area contributed by atoms with Crippen molar-refractivity contribution in [1.82, 2.24) is 10.2 Å². The van der Waals surface area contributed by atoms with Crippen LogP contribution in [0.3, 0.4) is 0 Å². The Bertz CT molecular complexity index is 164. The Balaban J connectivity index is 2.03. The zero-order valence-corrected chi connectivity index (χ0v) is 11.3. The molecule has 0 bridgehead atoms. The van der Waals surface area contributed by atoms with Gasteiger partial charge in [0.25, 0.3) is 0 Å². The summed E-state index contributed by atoms with van der Waals surface area (Å²) in [6.45, 7) is 7.30. The largest absolute Gasteiger partial charge is 0.316 e. The van der Waals surface area contributed by atoms with Gasteiger partial charge in [0.1, 0.15) is 0 Å². The van der Waals surface area contributed by atoms with Gasteiger partial charge < -0.3 is 10.2 Å². The molecular weight excluding hydrogens is 204 g/mol. The molecule has 0 saturated carbocycles. The minimum atomic E-state index is 0.807. The predicted molar refractivity (Wildman–Crippen MR) is 70.6 cm³/mol. The second-order valence-electron chi connectivity index (χ2n) is 4.99. The molecule has 3 heteroatoms. The van der Waals surface area contributed by atoms with Crippen LogP contribution in [-0.2, 0) is 0 Å². The molecule has 0 aromatic rings. The highest BCUT2D eigenvalue weighted by Gasteiger charge is 2.16. The van der Waals surface area contributed by atoms with Gasteiger partial charge in [0.15, 0.2) is 0 Å². The monoisotopic (exact) mass is 230 g/mol. The van der Waals surface area contributed by atoms with Crippen LogP contribution in [0.5, 0.6) is 0 Å². The van der Waals surface area contributed by atoms with E-state index in [1.165, 1.54) is 44.8 Å². The lowest BCUT2D eigenvalue weighted by Gasteiger charge is -2.30. The molecule has 1 aliphatic rings. The summed E-state index contributed by atoms with van der Waals surface area (Å²) in [6.07, 6.45) is 4.98. The summed E-state index contributed by atoms with van der Waals surface area (Å²) < 4.78 is 0. The molecular formula is C12H26N2S. The lowest BCUT2D eigenvalue weighted by molar-refractivity contribution is 0.205. The van der Waals surface area contributed by atoms with Crippen molar-refractivity contribution in [2.45, 2.75) is 19.8 Å². The van der Waals surface area contributed by atoms with Crippen LogP contribution < -0.4 is 5.32 Å². The van der Waals surface area contributed by atoms with Crippen molar-refractivity contribution < 1.29 is 0 Å². The SMILES string of the molecule is CSCC(C)CNCC1CCCN(C)C1. The summed E-state index contributed by atoms with van der Waals surface area (Å²) in [5.74, 6) is 2.96. The minimum absolute atomic E-state index is 0.807. The van der Waals surface area contributed by atoms with Gasteiger partial charge in [-0.25, -0.2) is 0 Å². The van der Waals surface area contributed by atoms with E-state index in [9.17, 15) is 0 Å². The summed E-state index contributed by atoms with van der Waals surface area (Å²) in [7, 11) is 2.24. The third-order valence-electron chi connectivity index (χ3n) is 3.10. The Labute approximate surface area is 99.2 Å².